The van der Waals surface area contributed by atoms with Gasteiger partial charge in [0.2, 0.25) is 5.91 Å². The molecule has 3 rings (SSSR count). The molecule has 0 spiro atoms. The average molecular weight is 472 g/mol. The number of nitrogens with zero attached hydrogens (tertiary/aromatic N) is 3. The van der Waals surface area contributed by atoms with Crippen LogP contribution in [0.4, 0.5) is 5.69 Å². The Kier molecular flexibility index (Phi) is 7.93. The first-order valence-corrected chi connectivity index (χ1v) is 11.6. The van der Waals surface area contributed by atoms with E-state index in [0.29, 0.717) is 28.1 Å². The molecule has 2 amide bonds. The number of thioether (sulfide) groups is 1. The Hall–Kier alpha value is -2.84. The van der Waals surface area contributed by atoms with Gasteiger partial charge in [-0.25, -0.2) is 0 Å². The van der Waals surface area contributed by atoms with E-state index in [9.17, 15) is 9.59 Å². The van der Waals surface area contributed by atoms with E-state index in [-0.39, 0.29) is 23.6 Å². The molecule has 0 aliphatic carbocycles. The summed E-state index contributed by atoms with van der Waals surface area (Å²) in [5.74, 6) is 0.506. The highest BCUT2D eigenvalue weighted by molar-refractivity contribution is 7.99. The molecule has 0 aliphatic heterocycles. The van der Waals surface area contributed by atoms with Crippen molar-refractivity contribution in [2.75, 3.05) is 11.1 Å². The van der Waals surface area contributed by atoms with Crippen molar-refractivity contribution < 1.29 is 9.59 Å². The number of nitrogens with one attached hydrogen (secondary N) is 2. The highest BCUT2D eigenvalue weighted by Gasteiger charge is 2.20. The third kappa shape index (κ3) is 5.69. The number of amides is 2. The lowest BCUT2D eigenvalue weighted by Crippen LogP contribution is -2.28. The molecule has 1 aromatic heterocycles. The molecule has 32 heavy (non-hydrogen) atoms. The third-order valence-electron chi connectivity index (χ3n) is 5.11. The molecule has 3 aromatic rings. The van der Waals surface area contributed by atoms with Crippen LogP contribution in [0.2, 0.25) is 5.02 Å². The molecule has 168 valence electrons. The van der Waals surface area contributed by atoms with Crippen molar-refractivity contribution in [3.05, 3.63) is 70.0 Å². The van der Waals surface area contributed by atoms with Gasteiger partial charge < -0.3 is 15.2 Å². The number of aryl methyl sites for hydroxylation is 1. The maximum atomic E-state index is 12.5. The number of rotatable bonds is 8. The van der Waals surface area contributed by atoms with E-state index in [1.807, 2.05) is 50.5 Å². The minimum atomic E-state index is -0.358. The molecule has 0 bridgehead atoms. The maximum Gasteiger partial charge on any atom is 0.251 e. The molecule has 2 N–H and O–H groups in total. The van der Waals surface area contributed by atoms with Crippen LogP contribution in [0.15, 0.2) is 47.6 Å². The lowest BCUT2D eigenvalue weighted by Gasteiger charge is -2.15. The summed E-state index contributed by atoms with van der Waals surface area (Å²) in [6, 6.07) is 12.2. The van der Waals surface area contributed by atoms with Crippen LogP contribution in [0.25, 0.3) is 0 Å². The number of hydrogen-bond acceptors (Lipinski definition) is 5. The topological polar surface area (TPSA) is 88.9 Å². The zero-order valence-corrected chi connectivity index (χ0v) is 20.0. The van der Waals surface area contributed by atoms with Crippen LogP contribution in [0, 0.1) is 13.8 Å². The summed E-state index contributed by atoms with van der Waals surface area (Å²) >= 11 is 7.20. The maximum absolute atomic E-state index is 12.5. The first-order valence-electron chi connectivity index (χ1n) is 10.3. The van der Waals surface area contributed by atoms with Crippen molar-refractivity contribution in [2.45, 2.75) is 45.4 Å². The highest BCUT2D eigenvalue weighted by atomic mass is 35.5. The Morgan fingerprint density at radius 3 is 2.53 bits per heavy atom. The van der Waals surface area contributed by atoms with Crippen molar-refractivity contribution in [3.63, 3.8) is 0 Å². The number of benzene rings is 2. The van der Waals surface area contributed by atoms with Gasteiger partial charge in [-0.3, -0.25) is 9.59 Å². The second-order valence-corrected chi connectivity index (χ2v) is 8.75. The quantitative estimate of drug-likeness (QED) is 0.461. The van der Waals surface area contributed by atoms with Crippen molar-refractivity contribution in [3.8, 4) is 0 Å². The van der Waals surface area contributed by atoms with Gasteiger partial charge in [-0.15, -0.1) is 10.2 Å². The zero-order chi connectivity index (χ0) is 23.3. The zero-order valence-electron chi connectivity index (χ0n) is 18.5. The Labute approximate surface area is 197 Å². The Balaban J connectivity index is 1.63. The molecule has 1 heterocycles. The Morgan fingerprint density at radius 2 is 1.84 bits per heavy atom. The fourth-order valence-corrected chi connectivity index (χ4v) is 4.11. The fourth-order valence-electron chi connectivity index (χ4n) is 3.17. The molecule has 0 aliphatic rings. The van der Waals surface area contributed by atoms with Crippen LogP contribution in [0.5, 0.6) is 0 Å². The predicted octanol–water partition coefficient (Wildman–Crippen LogP) is 4.79. The second kappa shape index (κ2) is 10.7. The number of anilines is 1. The standard InChI is InChI=1S/C23H26ClN5O2S/c1-5-29-21(16(4)25-22(31)17-9-11-18(24)12-10-17)27-28-23(29)32-13-20(30)26-19-8-6-7-14(2)15(19)3/h6-12,16H,5,13H2,1-4H3,(H,25,31)(H,26,30)/t16-/m1/s1. The van der Waals surface area contributed by atoms with Gasteiger partial charge in [0.1, 0.15) is 0 Å². The minimum Gasteiger partial charge on any atom is -0.342 e. The largest absolute Gasteiger partial charge is 0.342 e. The summed E-state index contributed by atoms with van der Waals surface area (Å²) in [4.78, 5) is 25.0. The van der Waals surface area contributed by atoms with Crippen LogP contribution in [-0.4, -0.2) is 32.3 Å². The lowest BCUT2D eigenvalue weighted by atomic mass is 10.1. The smallest absolute Gasteiger partial charge is 0.251 e. The van der Waals surface area contributed by atoms with Gasteiger partial charge in [0.15, 0.2) is 11.0 Å². The molecule has 0 saturated carbocycles. The predicted molar refractivity (Wildman–Crippen MR) is 128 cm³/mol. The van der Waals surface area contributed by atoms with Crippen molar-refractivity contribution in [1.29, 1.82) is 0 Å². The molecular formula is C23H26ClN5O2S. The molecule has 7 nitrogen and oxygen atoms in total. The van der Waals surface area contributed by atoms with Gasteiger partial charge in [-0.2, -0.15) is 0 Å². The van der Waals surface area contributed by atoms with E-state index in [0.717, 1.165) is 16.8 Å². The van der Waals surface area contributed by atoms with E-state index in [1.165, 1.54) is 11.8 Å². The van der Waals surface area contributed by atoms with Crippen molar-refractivity contribution in [1.82, 2.24) is 20.1 Å². The minimum absolute atomic E-state index is 0.111. The van der Waals surface area contributed by atoms with Crippen LogP contribution in [0.3, 0.4) is 0 Å². The molecular weight excluding hydrogens is 446 g/mol. The summed E-state index contributed by atoms with van der Waals surface area (Å²) in [5, 5.41) is 15.6. The first kappa shape index (κ1) is 23.8. The van der Waals surface area contributed by atoms with Crippen molar-refractivity contribution >= 4 is 40.9 Å². The van der Waals surface area contributed by atoms with Crippen LogP contribution < -0.4 is 10.6 Å². The van der Waals surface area contributed by atoms with Crippen molar-refractivity contribution in [2.24, 2.45) is 0 Å². The fraction of sp³-hybridized carbons (Fsp3) is 0.304. The average Bonchev–Trinajstić information content (AvgIpc) is 3.19. The number of carbonyl (C=O) groups excluding carboxylic acids is 2. The monoisotopic (exact) mass is 471 g/mol. The van der Waals surface area contributed by atoms with E-state index < -0.39 is 0 Å². The van der Waals surface area contributed by atoms with Gasteiger partial charge in [0.05, 0.1) is 11.8 Å². The van der Waals surface area contributed by atoms with Gasteiger partial charge in [0, 0.05) is 22.8 Å². The normalized spacial score (nSPS) is 11.8. The Morgan fingerprint density at radius 1 is 1.12 bits per heavy atom. The summed E-state index contributed by atoms with van der Waals surface area (Å²) in [5.41, 5.74) is 3.50. The third-order valence-corrected chi connectivity index (χ3v) is 6.33. The second-order valence-electron chi connectivity index (χ2n) is 7.37. The first-order chi connectivity index (χ1) is 15.3. The number of aromatic nitrogens is 3. The van der Waals surface area contributed by atoms with Gasteiger partial charge in [0.25, 0.3) is 5.91 Å². The van der Waals surface area contributed by atoms with E-state index in [4.69, 9.17) is 11.6 Å². The molecule has 9 heteroatoms. The van der Waals surface area contributed by atoms with Crippen LogP contribution >= 0.6 is 23.4 Å². The van der Waals surface area contributed by atoms with Gasteiger partial charge in [-0.05, 0) is 69.2 Å². The van der Waals surface area contributed by atoms with Gasteiger partial charge in [-0.1, -0.05) is 35.5 Å². The SMILES string of the molecule is CCn1c(SCC(=O)Nc2cccc(C)c2C)nnc1[C@@H](C)NC(=O)c1ccc(Cl)cc1. The van der Waals surface area contributed by atoms with Crippen LogP contribution in [-0.2, 0) is 11.3 Å². The molecule has 0 unspecified atom stereocenters. The molecule has 1 atom stereocenters. The van der Waals surface area contributed by atoms with Crippen LogP contribution in [0.1, 0.15) is 47.2 Å². The summed E-state index contributed by atoms with van der Waals surface area (Å²) in [6.07, 6.45) is 0. The molecule has 0 saturated heterocycles. The summed E-state index contributed by atoms with van der Waals surface area (Å²) in [7, 11) is 0. The lowest BCUT2D eigenvalue weighted by molar-refractivity contribution is -0.113. The number of carbonyl (C=O) groups is 2. The number of hydrogen-bond donors (Lipinski definition) is 2. The van der Waals surface area contributed by atoms with E-state index in [1.54, 1.807) is 24.3 Å². The molecule has 0 fully saturated rings. The molecule has 0 radical (unpaired) electrons. The molecule has 2 aromatic carbocycles. The Bertz CT molecular complexity index is 1110. The van der Waals surface area contributed by atoms with E-state index in [2.05, 4.69) is 20.8 Å². The number of halogens is 1. The van der Waals surface area contributed by atoms with E-state index >= 15 is 0 Å². The van der Waals surface area contributed by atoms with Gasteiger partial charge >= 0.3 is 0 Å². The highest BCUT2D eigenvalue weighted by Crippen LogP contribution is 2.22. The summed E-state index contributed by atoms with van der Waals surface area (Å²) in [6.45, 7) is 8.44. The summed E-state index contributed by atoms with van der Waals surface area (Å²) < 4.78 is 1.91.